The number of likely N-dealkylation sites (tertiary alicyclic amines) is 1. The molecule has 1 heterocycles. The first-order chi connectivity index (χ1) is 8.36. The van der Waals surface area contributed by atoms with Crippen LogP contribution in [0.2, 0.25) is 0 Å². The molecule has 1 fully saturated rings. The van der Waals surface area contributed by atoms with Crippen LogP contribution in [0.25, 0.3) is 0 Å². The fraction of sp³-hybridized carbons (Fsp3) is 0.818. The minimum absolute atomic E-state index is 0.193. The highest BCUT2D eigenvalue weighted by Crippen LogP contribution is 2.15. The molecule has 0 aromatic carbocycles. The van der Waals surface area contributed by atoms with Crippen molar-refractivity contribution in [3.05, 3.63) is 0 Å². The lowest BCUT2D eigenvalue weighted by Gasteiger charge is -2.41. The highest BCUT2D eigenvalue weighted by Gasteiger charge is 2.38. The number of hydrogen-bond donors (Lipinski definition) is 3. The number of carbonyl (C=O) groups excluding carboxylic acids is 2. The van der Waals surface area contributed by atoms with Crippen molar-refractivity contribution in [2.45, 2.75) is 38.1 Å². The number of esters is 1. The summed E-state index contributed by atoms with van der Waals surface area (Å²) in [6.07, 6.45) is -1.85. The van der Waals surface area contributed by atoms with Crippen LogP contribution in [-0.4, -0.2) is 71.5 Å². The van der Waals surface area contributed by atoms with Gasteiger partial charge in [-0.25, -0.2) is 0 Å². The summed E-state index contributed by atoms with van der Waals surface area (Å²) in [6, 6.07) is -1.25. The molecule has 1 rings (SSSR count). The van der Waals surface area contributed by atoms with Crippen LogP contribution in [-0.2, 0) is 14.3 Å². The van der Waals surface area contributed by atoms with Gasteiger partial charge in [-0.15, -0.1) is 0 Å². The Morgan fingerprint density at radius 3 is 2.22 bits per heavy atom. The van der Waals surface area contributed by atoms with Crippen LogP contribution in [0.4, 0.5) is 0 Å². The van der Waals surface area contributed by atoms with Crippen molar-refractivity contribution in [1.29, 1.82) is 0 Å². The third-order valence-electron chi connectivity index (χ3n) is 3.13. The van der Waals surface area contributed by atoms with Gasteiger partial charge in [0.15, 0.2) is 0 Å². The first-order valence-electron chi connectivity index (χ1n) is 5.82. The van der Waals surface area contributed by atoms with Crippen LogP contribution in [0.5, 0.6) is 0 Å². The number of carbonyl (C=O) groups is 2. The maximum atomic E-state index is 11.4. The number of aliphatic hydroxyl groups excluding tert-OH is 2. The minimum atomic E-state index is -0.926. The molecule has 0 saturated carbocycles. The first-order valence-corrected chi connectivity index (χ1v) is 5.82. The number of hydrogen-bond acceptors (Lipinski definition) is 6. The van der Waals surface area contributed by atoms with Crippen molar-refractivity contribution >= 4 is 11.9 Å². The molecule has 0 aromatic heterocycles. The summed E-state index contributed by atoms with van der Waals surface area (Å²) in [5, 5.41) is 22.3. The van der Waals surface area contributed by atoms with E-state index in [0.717, 1.165) is 0 Å². The van der Waals surface area contributed by atoms with Gasteiger partial charge in [-0.1, -0.05) is 0 Å². The van der Waals surface area contributed by atoms with E-state index in [-0.39, 0.29) is 19.0 Å². The van der Waals surface area contributed by atoms with Gasteiger partial charge in [0.05, 0.1) is 25.4 Å². The van der Waals surface area contributed by atoms with E-state index in [1.165, 1.54) is 14.0 Å². The van der Waals surface area contributed by atoms with Gasteiger partial charge in [0.2, 0.25) is 5.91 Å². The minimum Gasteiger partial charge on any atom is -0.468 e. The van der Waals surface area contributed by atoms with E-state index in [9.17, 15) is 19.8 Å². The number of methoxy groups -OCH3 is 1. The molecule has 1 amide bonds. The Bertz CT molecular complexity index is 311. The molecule has 1 unspecified atom stereocenters. The van der Waals surface area contributed by atoms with Crippen molar-refractivity contribution in [3.8, 4) is 0 Å². The molecule has 7 nitrogen and oxygen atoms in total. The predicted molar refractivity (Wildman–Crippen MR) is 62.7 cm³/mol. The molecular formula is C11H20N2O5. The number of rotatable bonds is 3. The van der Waals surface area contributed by atoms with E-state index < -0.39 is 30.3 Å². The van der Waals surface area contributed by atoms with E-state index in [0.29, 0.717) is 0 Å². The lowest BCUT2D eigenvalue weighted by Crippen LogP contribution is -2.63. The average molecular weight is 260 g/mol. The van der Waals surface area contributed by atoms with Gasteiger partial charge in [0, 0.05) is 20.0 Å². The molecule has 1 saturated heterocycles. The predicted octanol–water partition coefficient (Wildman–Crippen LogP) is -1.91. The number of β-amino-alcohol motifs (C(OH)–C–C–N with tert-alkyl or cyclic N) is 2. The quantitative estimate of drug-likeness (QED) is 0.512. The molecular weight excluding hydrogens is 240 g/mol. The average Bonchev–Trinajstić information content (AvgIpc) is 2.31. The van der Waals surface area contributed by atoms with Gasteiger partial charge in [-0.05, 0) is 6.92 Å². The Hall–Kier alpha value is -1.18. The van der Waals surface area contributed by atoms with Gasteiger partial charge < -0.3 is 20.3 Å². The van der Waals surface area contributed by atoms with Gasteiger partial charge in [0.1, 0.15) is 6.04 Å². The van der Waals surface area contributed by atoms with Crippen LogP contribution in [0.1, 0.15) is 13.8 Å². The summed E-state index contributed by atoms with van der Waals surface area (Å²) in [7, 11) is 1.29. The standard InChI is InChI=1S/C11H20N2O5/c1-6(11(17)18-3)13-4-8(15)10(9(16)5-13)12-7(2)14/h6,8-10,15-16H,4-5H2,1-3H3,(H,12,14)/t6?,8-,9-/m0/s1. The Balaban J connectivity index is 2.66. The van der Waals surface area contributed by atoms with E-state index in [2.05, 4.69) is 10.1 Å². The SMILES string of the molecule is COC(=O)C(C)N1C[C@H](O)C(NC(C)=O)[C@@H](O)C1. The second-order valence-corrected chi connectivity index (χ2v) is 4.51. The molecule has 104 valence electrons. The van der Waals surface area contributed by atoms with Crippen molar-refractivity contribution in [3.63, 3.8) is 0 Å². The largest absolute Gasteiger partial charge is 0.468 e. The molecule has 3 N–H and O–H groups in total. The summed E-state index contributed by atoms with van der Waals surface area (Å²) in [5.74, 6) is -0.736. The maximum absolute atomic E-state index is 11.4. The molecule has 0 radical (unpaired) electrons. The number of amides is 1. The molecule has 0 aromatic rings. The number of piperidine rings is 1. The summed E-state index contributed by atoms with van der Waals surface area (Å²) >= 11 is 0. The second-order valence-electron chi connectivity index (χ2n) is 4.51. The van der Waals surface area contributed by atoms with E-state index in [4.69, 9.17) is 0 Å². The summed E-state index contributed by atoms with van der Waals surface area (Å²) in [4.78, 5) is 24.0. The van der Waals surface area contributed by atoms with Crippen LogP contribution in [0, 0.1) is 0 Å². The first kappa shape index (κ1) is 14.9. The summed E-state index contributed by atoms with van der Waals surface area (Å²) in [5.41, 5.74) is 0. The fourth-order valence-corrected chi connectivity index (χ4v) is 2.10. The number of nitrogens with one attached hydrogen (secondary N) is 1. The van der Waals surface area contributed by atoms with Gasteiger partial charge in [-0.3, -0.25) is 14.5 Å². The molecule has 18 heavy (non-hydrogen) atoms. The molecule has 7 heteroatoms. The highest BCUT2D eigenvalue weighted by molar-refractivity contribution is 5.75. The van der Waals surface area contributed by atoms with Gasteiger partial charge in [-0.2, -0.15) is 0 Å². The molecule has 1 aliphatic heterocycles. The smallest absolute Gasteiger partial charge is 0.322 e. The highest BCUT2D eigenvalue weighted by atomic mass is 16.5. The lowest BCUT2D eigenvalue weighted by molar-refractivity contribution is -0.150. The molecule has 1 aliphatic rings. The topological polar surface area (TPSA) is 99.1 Å². The van der Waals surface area contributed by atoms with Crippen molar-refractivity contribution < 1.29 is 24.5 Å². The zero-order valence-corrected chi connectivity index (χ0v) is 10.8. The van der Waals surface area contributed by atoms with Crippen molar-refractivity contribution in [1.82, 2.24) is 10.2 Å². The van der Waals surface area contributed by atoms with Crippen LogP contribution < -0.4 is 5.32 Å². The van der Waals surface area contributed by atoms with Crippen LogP contribution in [0.15, 0.2) is 0 Å². The normalized spacial score (nSPS) is 27.6. The fourth-order valence-electron chi connectivity index (χ4n) is 2.10. The number of ether oxygens (including phenoxy) is 1. The summed E-state index contributed by atoms with van der Waals surface area (Å²) in [6.45, 7) is 3.35. The van der Waals surface area contributed by atoms with Crippen molar-refractivity contribution in [2.75, 3.05) is 20.2 Å². The Morgan fingerprint density at radius 1 is 1.33 bits per heavy atom. The Labute approximate surface area is 106 Å². The van der Waals surface area contributed by atoms with Crippen LogP contribution >= 0.6 is 0 Å². The zero-order valence-electron chi connectivity index (χ0n) is 10.8. The van der Waals surface area contributed by atoms with Gasteiger partial charge >= 0.3 is 5.97 Å². The molecule has 0 bridgehead atoms. The van der Waals surface area contributed by atoms with Gasteiger partial charge in [0.25, 0.3) is 0 Å². The lowest BCUT2D eigenvalue weighted by atomic mass is 9.97. The summed E-state index contributed by atoms with van der Waals surface area (Å²) < 4.78 is 4.61. The number of nitrogens with zero attached hydrogens (tertiary/aromatic N) is 1. The van der Waals surface area contributed by atoms with Crippen molar-refractivity contribution in [2.24, 2.45) is 0 Å². The van der Waals surface area contributed by atoms with E-state index >= 15 is 0 Å². The Kier molecular flexibility index (Phi) is 5.06. The number of aliphatic hydroxyl groups is 2. The maximum Gasteiger partial charge on any atom is 0.322 e. The van der Waals surface area contributed by atoms with E-state index in [1.54, 1.807) is 11.8 Å². The Morgan fingerprint density at radius 2 is 1.83 bits per heavy atom. The van der Waals surface area contributed by atoms with Crippen LogP contribution in [0.3, 0.4) is 0 Å². The second kappa shape index (κ2) is 6.12. The third kappa shape index (κ3) is 3.41. The third-order valence-corrected chi connectivity index (χ3v) is 3.13. The molecule has 3 atom stereocenters. The zero-order chi connectivity index (χ0) is 13.9. The molecule has 0 spiro atoms. The molecule has 0 aliphatic carbocycles. The monoisotopic (exact) mass is 260 g/mol. The van der Waals surface area contributed by atoms with E-state index in [1.807, 2.05) is 0 Å².